The Kier molecular flexibility index (Phi) is 4.50. The molecule has 1 aromatic carbocycles. The van der Waals surface area contributed by atoms with Crippen molar-refractivity contribution in [2.24, 2.45) is 0 Å². The SMILES string of the molecule is COc1ccc(CN2CCN(C(=O)c3cn4ccccc4n3)CC2=O)cc1. The van der Waals surface area contributed by atoms with E-state index < -0.39 is 0 Å². The first kappa shape index (κ1) is 17.1. The van der Waals surface area contributed by atoms with Crippen LogP contribution in [0.3, 0.4) is 0 Å². The molecule has 7 heteroatoms. The molecule has 138 valence electrons. The van der Waals surface area contributed by atoms with Gasteiger partial charge in [-0.2, -0.15) is 0 Å². The van der Waals surface area contributed by atoms with E-state index in [1.54, 1.807) is 27.5 Å². The van der Waals surface area contributed by atoms with Crippen molar-refractivity contribution in [3.05, 3.63) is 66.1 Å². The van der Waals surface area contributed by atoms with Crippen LogP contribution in [0.15, 0.2) is 54.9 Å². The third-order valence-electron chi connectivity index (χ3n) is 4.72. The summed E-state index contributed by atoms with van der Waals surface area (Å²) in [6.45, 7) is 1.60. The number of methoxy groups -OCH3 is 1. The van der Waals surface area contributed by atoms with Crippen LogP contribution in [0.2, 0.25) is 0 Å². The van der Waals surface area contributed by atoms with Gasteiger partial charge in [0.2, 0.25) is 5.91 Å². The molecule has 27 heavy (non-hydrogen) atoms. The van der Waals surface area contributed by atoms with Crippen LogP contribution < -0.4 is 4.74 Å². The number of imidazole rings is 1. The number of benzene rings is 1. The standard InChI is InChI=1S/C20H20N4O3/c1-27-16-7-5-15(6-8-16)12-23-10-11-24(14-19(23)25)20(26)17-13-22-9-3-2-4-18(22)21-17/h2-9,13H,10-12,14H2,1H3. The number of fused-ring (bicyclic) bond motifs is 1. The number of carbonyl (C=O) groups is 2. The molecule has 1 aliphatic rings. The van der Waals surface area contributed by atoms with Crippen LogP contribution in [0.25, 0.3) is 5.65 Å². The zero-order valence-corrected chi connectivity index (χ0v) is 15.0. The normalized spacial score (nSPS) is 14.6. The molecule has 0 atom stereocenters. The molecule has 0 bridgehead atoms. The number of amides is 2. The zero-order valence-electron chi connectivity index (χ0n) is 15.0. The van der Waals surface area contributed by atoms with Crippen molar-refractivity contribution in [3.8, 4) is 5.75 Å². The molecule has 0 N–H and O–H groups in total. The maximum Gasteiger partial charge on any atom is 0.274 e. The molecule has 0 aliphatic carbocycles. The van der Waals surface area contributed by atoms with Gasteiger partial charge in [-0.25, -0.2) is 4.98 Å². The Balaban J connectivity index is 1.41. The monoisotopic (exact) mass is 364 g/mol. The average Bonchev–Trinajstić information content (AvgIpc) is 3.14. The Hall–Kier alpha value is -3.35. The summed E-state index contributed by atoms with van der Waals surface area (Å²) < 4.78 is 6.95. The summed E-state index contributed by atoms with van der Waals surface area (Å²) in [6.07, 6.45) is 3.54. The lowest BCUT2D eigenvalue weighted by Crippen LogP contribution is -2.51. The highest BCUT2D eigenvalue weighted by molar-refractivity contribution is 5.96. The van der Waals surface area contributed by atoms with E-state index in [4.69, 9.17) is 4.74 Å². The minimum atomic E-state index is -0.212. The zero-order chi connectivity index (χ0) is 18.8. The number of nitrogens with zero attached hydrogens (tertiary/aromatic N) is 4. The van der Waals surface area contributed by atoms with Gasteiger partial charge < -0.3 is 18.9 Å². The summed E-state index contributed by atoms with van der Waals surface area (Å²) >= 11 is 0. The average molecular weight is 364 g/mol. The Morgan fingerprint density at radius 2 is 1.96 bits per heavy atom. The predicted molar refractivity (Wildman–Crippen MR) is 99.5 cm³/mol. The van der Waals surface area contributed by atoms with Crippen molar-refractivity contribution in [2.45, 2.75) is 6.54 Å². The van der Waals surface area contributed by atoms with E-state index in [9.17, 15) is 9.59 Å². The highest BCUT2D eigenvalue weighted by Crippen LogP contribution is 2.16. The Labute approximate surface area is 156 Å². The van der Waals surface area contributed by atoms with Gasteiger partial charge in [-0.3, -0.25) is 9.59 Å². The van der Waals surface area contributed by atoms with Crippen LogP contribution in [0.5, 0.6) is 5.75 Å². The van der Waals surface area contributed by atoms with Crippen LogP contribution in [0.4, 0.5) is 0 Å². The van der Waals surface area contributed by atoms with Crippen molar-refractivity contribution in [1.29, 1.82) is 0 Å². The van der Waals surface area contributed by atoms with Gasteiger partial charge in [0.1, 0.15) is 23.6 Å². The van der Waals surface area contributed by atoms with E-state index in [-0.39, 0.29) is 18.4 Å². The van der Waals surface area contributed by atoms with Gasteiger partial charge in [-0.15, -0.1) is 0 Å². The van der Waals surface area contributed by atoms with Gasteiger partial charge >= 0.3 is 0 Å². The molecule has 0 spiro atoms. The second-order valence-electron chi connectivity index (χ2n) is 6.48. The van der Waals surface area contributed by atoms with Crippen LogP contribution in [0.1, 0.15) is 16.1 Å². The number of aromatic nitrogens is 2. The van der Waals surface area contributed by atoms with Crippen molar-refractivity contribution >= 4 is 17.5 Å². The van der Waals surface area contributed by atoms with Crippen molar-refractivity contribution in [2.75, 3.05) is 26.7 Å². The fourth-order valence-corrected chi connectivity index (χ4v) is 3.20. The van der Waals surface area contributed by atoms with Gasteiger partial charge in [0.05, 0.1) is 7.11 Å². The third kappa shape index (κ3) is 3.48. The smallest absolute Gasteiger partial charge is 0.274 e. The Morgan fingerprint density at radius 3 is 2.67 bits per heavy atom. The third-order valence-corrected chi connectivity index (χ3v) is 4.72. The van der Waals surface area contributed by atoms with Crippen LogP contribution in [-0.2, 0) is 11.3 Å². The number of carbonyl (C=O) groups excluding carboxylic acids is 2. The highest BCUT2D eigenvalue weighted by atomic mass is 16.5. The van der Waals surface area contributed by atoms with Gasteiger partial charge in [0.25, 0.3) is 5.91 Å². The molecule has 1 saturated heterocycles. The quantitative estimate of drug-likeness (QED) is 0.708. The number of piperazine rings is 1. The van der Waals surface area contributed by atoms with Gasteiger partial charge in [0.15, 0.2) is 0 Å². The summed E-state index contributed by atoms with van der Waals surface area (Å²) in [5, 5.41) is 0. The summed E-state index contributed by atoms with van der Waals surface area (Å²) in [4.78, 5) is 32.9. The molecule has 3 heterocycles. The maximum atomic E-state index is 12.7. The highest BCUT2D eigenvalue weighted by Gasteiger charge is 2.28. The van der Waals surface area contributed by atoms with Gasteiger partial charge in [-0.05, 0) is 29.8 Å². The molecule has 0 saturated carbocycles. The van der Waals surface area contributed by atoms with Crippen LogP contribution in [0, 0.1) is 0 Å². The second kappa shape index (κ2) is 7.11. The van der Waals surface area contributed by atoms with E-state index in [1.807, 2.05) is 48.7 Å². The molecule has 1 fully saturated rings. The van der Waals surface area contributed by atoms with Crippen molar-refractivity contribution in [1.82, 2.24) is 19.2 Å². The fourth-order valence-electron chi connectivity index (χ4n) is 3.20. The molecule has 2 aromatic heterocycles. The minimum absolute atomic E-state index is 0.0609. The molecule has 4 rings (SSSR count). The Morgan fingerprint density at radius 1 is 1.15 bits per heavy atom. The number of hydrogen-bond donors (Lipinski definition) is 0. The summed E-state index contributed by atoms with van der Waals surface area (Å²) in [7, 11) is 1.62. The Bertz CT molecular complexity index is 947. The number of pyridine rings is 1. The molecule has 1 aliphatic heterocycles. The molecular formula is C20H20N4O3. The van der Waals surface area contributed by atoms with Crippen LogP contribution >= 0.6 is 0 Å². The molecule has 2 amide bonds. The molecule has 7 nitrogen and oxygen atoms in total. The first-order valence-electron chi connectivity index (χ1n) is 8.78. The number of ether oxygens (including phenoxy) is 1. The molecule has 0 radical (unpaired) electrons. The maximum absolute atomic E-state index is 12.7. The molecule has 3 aromatic rings. The second-order valence-corrected chi connectivity index (χ2v) is 6.48. The number of rotatable bonds is 4. The van der Waals surface area contributed by atoms with Gasteiger partial charge in [0, 0.05) is 32.0 Å². The largest absolute Gasteiger partial charge is 0.497 e. The molecular weight excluding hydrogens is 344 g/mol. The van der Waals surface area contributed by atoms with Crippen LogP contribution in [-0.4, -0.2) is 57.7 Å². The van der Waals surface area contributed by atoms with E-state index in [0.29, 0.717) is 31.0 Å². The lowest BCUT2D eigenvalue weighted by Gasteiger charge is -2.34. The summed E-state index contributed by atoms with van der Waals surface area (Å²) in [5.41, 5.74) is 2.10. The minimum Gasteiger partial charge on any atom is -0.497 e. The first-order chi connectivity index (χ1) is 13.1. The number of hydrogen-bond acceptors (Lipinski definition) is 4. The van der Waals surface area contributed by atoms with Gasteiger partial charge in [-0.1, -0.05) is 18.2 Å². The predicted octanol–water partition coefficient (Wildman–Crippen LogP) is 1.83. The molecule has 0 unspecified atom stereocenters. The topological polar surface area (TPSA) is 67.2 Å². The summed E-state index contributed by atoms with van der Waals surface area (Å²) in [5.74, 6) is 0.512. The fraction of sp³-hybridized carbons (Fsp3) is 0.250. The first-order valence-corrected chi connectivity index (χ1v) is 8.78. The van der Waals surface area contributed by atoms with E-state index >= 15 is 0 Å². The summed E-state index contributed by atoms with van der Waals surface area (Å²) in [6, 6.07) is 13.2. The van der Waals surface area contributed by atoms with Crippen molar-refractivity contribution in [3.63, 3.8) is 0 Å². The van der Waals surface area contributed by atoms with E-state index in [0.717, 1.165) is 11.3 Å². The lowest BCUT2D eigenvalue weighted by molar-refractivity contribution is -0.135. The van der Waals surface area contributed by atoms with E-state index in [2.05, 4.69) is 4.98 Å². The van der Waals surface area contributed by atoms with E-state index in [1.165, 1.54) is 0 Å². The lowest BCUT2D eigenvalue weighted by atomic mass is 10.2. The van der Waals surface area contributed by atoms with Crippen molar-refractivity contribution < 1.29 is 14.3 Å².